The Labute approximate surface area is 100 Å². The lowest BCUT2D eigenvalue weighted by Crippen LogP contribution is -2.36. The Morgan fingerprint density at radius 2 is 1.59 bits per heavy atom. The first-order valence-electron chi connectivity index (χ1n) is 6.29. The number of hydrogen-bond acceptors (Lipinski definition) is 3. The number of ether oxygens (including phenoxy) is 1. The van der Waals surface area contributed by atoms with Crippen molar-refractivity contribution in [3.63, 3.8) is 0 Å². The van der Waals surface area contributed by atoms with Crippen molar-refractivity contribution in [1.29, 1.82) is 0 Å². The number of aliphatic carboxylic acids is 1. The van der Waals surface area contributed by atoms with Gasteiger partial charge in [0, 0.05) is 0 Å². The van der Waals surface area contributed by atoms with E-state index in [1.54, 1.807) is 0 Å². The number of hydrogen-bond donors (Lipinski definition) is 1. The molecule has 2 unspecified atom stereocenters. The lowest BCUT2D eigenvalue weighted by Gasteiger charge is -2.39. The fourth-order valence-electron chi connectivity index (χ4n) is 5.15. The van der Waals surface area contributed by atoms with E-state index in [1.807, 2.05) is 0 Å². The van der Waals surface area contributed by atoms with E-state index in [9.17, 15) is 9.59 Å². The molecular weight excluding hydrogens is 220 g/mol. The van der Waals surface area contributed by atoms with Crippen LogP contribution in [0.4, 0.5) is 0 Å². The van der Waals surface area contributed by atoms with Crippen molar-refractivity contribution in [3.8, 4) is 0 Å². The minimum Gasteiger partial charge on any atom is -0.481 e. The molecule has 1 N–H and O–H groups in total. The molecule has 0 heterocycles. The Kier molecular flexibility index (Phi) is 2.11. The van der Waals surface area contributed by atoms with Gasteiger partial charge >= 0.3 is 11.9 Å². The zero-order valence-corrected chi connectivity index (χ0v) is 10.1. The number of carboxylic acid groups (broad SMARTS) is 1. The van der Waals surface area contributed by atoms with Gasteiger partial charge < -0.3 is 9.84 Å². The second-order valence-electron chi connectivity index (χ2n) is 6.22. The molecule has 17 heavy (non-hydrogen) atoms. The molecule has 4 nitrogen and oxygen atoms in total. The number of carbonyl (C=O) groups excluding carboxylic acids is 1. The molecule has 0 aliphatic heterocycles. The van der Waals surface area contributed by atoms with E-state index >= 15 is 0 Å². The van der Waals surface area contributed by atoms with Crippen molar-refractivity contribution in [2.45, 2.75) is 38.5 Å². The fraction of sp³-hybridized carbons (Fsp3) is 0.846. The summed E-state index contributed by atoms with van der Waals surface area (Å²) in [4.78, 5) is 22.7. The monoisotopic (exact) mass is 238 g/mol. The normalized spacial score (nSPS) is 45.5. The summed E-state index contributed by atoms with van der Waals surface area (Å²) < 4.78 is 4.79. The van der Waals surface area contributed by atoms with Crippen molar-refractivity contribution in [2.24, 2.45) is 22.7 Å². The molecule has 0 aromatic carbocycles. The van der Waals surface area contributed by atoms with E-state index in [-0.39, 0.29) is 23.2 Å². The molecule has 4 saturated carbocycles. The van der Waals surface area contributed by atoms with E-state index in [0.29, 0.717) is 18.3 Å². The Morgan fingerprint density at radius 1 is 1.12 bits per heavy atom. The van der Waals surface area contributed by atoms with Gasteiger partial charge in [0.15, 0.2) is 0 Å². The largest absolute Gasteiger partial charge is 0.481 e. The quantitative estimate of drug-likeness (QED) is 0.759. The Morgan fingerprint density at radius 3 is 2.00 bits per heavy atom. The Balaban J connectivity index is 1.89. The van der Waals surface area contributed by atoms with Gasteiger partial charge in [-0.25, -0.2) is 0 Å². The van der Waals surface area contributed by atoms with Gasteiger partial charge in [-0.3, -0.25) is 9.59 Å². The fourth-order valence-corrected chi connectivity index (χ4v) is 5.15. The second kappa shape index (κ2) is 3.24. The molecule has 0 aromatic heterocycles. The van der Waals surface area contributed by atoms with E-state index in [1.165, 1.54) is 7.11 Å². The van der Waals surface area contributed by atoms with Gasteiger partial charge in [-0.1, -0.05) is 0 Å². The van der Waals surface area contributed by atoms with Crippen molar-refractivity contribution in [2.75, 3.05) is 7.11 Å². The predicted molar refractivity (Wildman–Crippen MR) is 59.2 cm³/mol. The minimum atomic E-state index is -0.720. The standard InChI is InChI=1S/C13H18O4/c1-17-11(16)7-13-4-8-2-12(13,6-10(14)15)3-9(8)5-13/h8-9H,2-7H2,1H3,(H,14,15). The lowest BCUT2D eigenvalue weighted by atomic mass is 9.64. The summed E-state index contributed by atoms with van der Waals surface area (Å²) in [6.07, 6.45) is 4.77. The van der Waals surface area contributed by atoms with Crippen molar-refractivity contribution in [3.05, 3.63) is 0 Å². The summed E-state index contributed by atoms with van der Waals surface area (Å²) in [5.74, 6) is 0.434. The van der Waals surface area contributed by atoms with Crippen LogP contribution in [0.15, 0.2) is 0 Å². The number of methoxy groups -OCH3 is 1. The molecule has 0 spiro atoms. The average Bonchev–Trinajstić information content (AvgIpc) is 2.84. The van der Waals surface area contributed by atoms with E-state index in [4.69, 9.17) is 9.84 Å². The van der Waals surface area contributed by atoms with Crippen LogP contribution in [-0.4, -0.2) is 24.2 Å². The van der Waals surface area contributed by atoms with Crippen molar-refractivity contribution in [1.82, 2.24) is 0 Å². The van der Waals surface area contributed by atoms with Crippen LogP contribution in [0.5, 0.6) is 0 Å². The molecular formula is C13H18O4. The highest BCUT2D eigenvalue weighted by molar-refractivity contribution is 5.72. The first-order valence-corrected chi connectivity index (χ1v) is 6.29. The predicted octanol–water partition coefficient (Wildman–Crippen LogP) is 1.83. The zero-order chi connectivity index (χ0) is 12.3. The molecule has 0 amide bonds. The van der Waals surface area contributed by atoms with Crippen LogP contribution in [-0.2, 0) is 14.3 Å². The molecule has 4 aliphatic carbocycles. The maximum absolute atomic E-state index is 11.6. The van der Waals surface area contributed by atoms with Crippen LogP contribution in [0, 0.1) is 22.7 Å². The molecule has 4 aliphatic rings. The summed E-state index contributed by atoms with van der Waals surface area (Å²) in [7, 11) is 1.41. The SMILES string of the molecule is COC(=O)CC12CC3CC1(CC(=O)O)CC3C2. The third-order valence-electron chi connectivity index (χ3n) is 5.60. The molecule has 0 aromatic rings. The van der Waals surface area contributed by atoms with Gasteiger partial charge in [0.25, 0.3) is 0 Å². The summed E-state index contributed by atoms with van der Waals surface area (Å²) in [6, 6.07) is 0. The molecule has 4 rings (SSSR count). The number of rotatable bonds is 4. The first-order chi connectivity index (χ1) is 8.00. The van der Waals surface area contributed by atoms with E-state index in [2.05, 4.69) is 0 Å². The van der Waals surface area contributed by atoms with Crippen LogP contribution in [0.1, 0.15) is 38.5 Å². The molecule has 2 atom stereocenters. The smallest absolute Gasteiger partial charge is 0.306 e. The van der Waals surface area contributed by atoms with Crippen LogP contribution in [0.25, 0.3) is 0 Å². The molecule has 0 radical (unpaired) electrons. The number of carbonyl (C=O) groups is 2. The first kappa shape index (κ1) is 11.1. The molecule has 94 valence electrons. The topological polar surface area (TPSA) is 63.6 Å². The molecule has 4 heteroatoms. The summed E-state index contributed by atoms with van der Waals surface area (Å²) >= 11 is 0. The number of carboxylic acids is 1. The van der Waals surface area contributed by atoms with E-state index in [0.717, 1.165) is 25.7 Å². The van der Waals surface area contributed by atoms with Crippen molar-refractivity contribution >= 4 is 11.9 Å². The maximum Gasteiger partial charge on any atom is 0.306 e. The molecule has 4 fully saturated rings. The van der Waals surface area contributed by atoms with E-state index < -0.39 is 5.97 Å². The highest BCUT2D eigenvalue weighted by Crippen LogP contribution is 2.78. The summed E-state index contributed by atoms with van der Waals surface area (Å²) in [5, 5.41) is 9.11. The minimum absolute atomic E-state index is 0.0617. The zero-order valence-electron chi connectivity index (χ0n) is 10.1. The van der Waals surface area contributed by atoms with Gasteiger partial charge in [-0.15, -0.1) is 0 Å². The Bertz CT molecular complexity index is 373. The summed E-state index contributed by atoms with van der Waals surface area (Å²) in [5.41, 5.74) is -0.170. The van der Waals surface area contributed by atoms with Crippen LogP contribution in [0.2, 0.25) is 0 Å². The van der Waals surface area contributed by atoms with Crippen LogP contribution >= 0.6 is 0 Å². The van der Waals surface area contributed by atoms with Gasteiger partial charge in [0.2, 0.25) is 0 Å². The van der Waals surface area contributed by atoms with Crippen molar-refractivity contribution < 1.29 is 19.4 Å². The van der Waals surface area contributed by atoms with Gasteiger partial charge in [0.05, 0.1) is 20.0 Å². The maximum atomic E-state index is 11.6. The third-order valence-corrected chi connectivity index (χ3v) is 5.60. The molecule has 0 saturated heterocycles. The number of esters is 1. The average molecular weight is 238 g/mol. The summed E-state index contributed by atoms with van der Waals surface area (Å²) in [6.45, 7) is 0. The lowest BCUT2D eigenvalue weighted by molar-refractivity contribution is -0.148. The van der Waals surface area contributed by atoms with Crippen LogP contribution < -0.4 is 0 Å². The van der Waals surface area contributed by atoms with Gasteiger partial charge in [-0.05, 0) is 48.3 Å². The highest BCUT2D eigenvalue weighted by Gasteiger charge is 2.71. The third kappa shape index (κ3) is 1.30. The second-order valence-corrected chi connectivity index (χ2v) is 6.22. The van der Waals surface area contributed by atoms with Crippen LogP contribution in [0.3, 0.4) is 0 Å². The Hall–Kier alpha value is -1.06. The van der Waals surface area contributed by atoms with Gasteiger partial charge in [-0.2, -0.15) is 0 Å². The highest BCUT2D eigenvalue weighted by atomic mass is 16.5. The molecule has 4 bridgehead atoms. The van der Waals surface area contributed by atoms with Gasteiger partial charge in [0.1, 0.15) is 0 Å².